The van der Waals surface area contributed by atoms with Gasteiger partial charge in [0, 0.05) is 32.1 Å². The summed E-state index contributed by atoms with van der Waals surface area (Å²) in [5.74, 6) is -0.186. The first-order valence-electron chi connectivity index (χ1n) is 5.35. The topological polar surface area (TPSA) is 58.6 Å². The maximum absolute atomic E-state index is 11.1. The third kappa shape index (κ3) is 3.87. The molecule has 5 nitrogen and oxygen atoms in total. The molecule has 1 aliphatic heterocycles. The fourth-order valence-electron chi connectivity index (χ4n) is 1.70. The Bertz CT molecular complexity index is 221. The number of rotatable bonds is 5. The van der Waals surface area contributed by atoms with Crippen LogP contribution in [0.4, 0.5) is 0 Å². The van der Waals surface area contributed by atoms with Crippen LogP contribution in [0.1, 0.15) is 19.8 Å². The van der Waals surface area contributed by atoms with Gasteiger partial charge < -0.3 is 15.0 Å². The highest BCUT2D eigenvalue weighted by molar-refractivity contribution is 5.69. The third-order valence-corrected chi connectivity index (χ3v) is 2.52. The predicted molar refractivity (Wildman–Crippen MR) is 55.3 cm³/mol. The summed E-state index contributed by atoms with van der Waals surface area (Å²) in [4.78, 5) is 23.6. The molecular formula is C10H18N2O3. The quantitative estimate of drug-likeness (QED) is 0.507. The smallest absolute Gasteiger partial charge is 0.305 e. The van der Waals surface area contributed by atoms with Crippen molar-refractivity contribution in [1.29, 1.82) is 0 Å². The van der Waals surface area contributed by atoms with Gasteiger partial charge in [-0.1, -0.05) is 0 Å². The Morgan fingerprint density at radius 3 is 3.13 bits per heavy atom. The van der Waals surface area contributed by atoms with Gasteiger partial charge in [0.05, 0.1) is 6.61 Å². The molecule has 0 radical (unpaired) electrons. The van der Waals surface area contributed by atoms with Crippen LogP contribution in [0.25, 0.3) is 0 Å². The maximum atomic E-state index is 11.1. The second kappa shape index (κ2) is 6.40. The Balaban J connectivity index is 2.29. The van der Waals surface area contributed by atoms with Crippen molar-refractivity contribution in [3.05, 3.63) is 0 Å². The summed E-state index contributed by atoms with van der Waals surface area (Å²) in [6.07, 6.45) is 1.91. The maximum Gasteiger partial charge on any atom is 0.305 e. The number of ether oxygens (including phenoxy) is 1. The molecule has 86 valence electrons. The van der Waals surface area contributed by atoms with Gasteiger partial charge in [-0.15, -0.1) is 0 Å². The van der Waals surface area contributed by atoms with Crippen LogP contribution in [-0.2, 0) is 14.3 Å². The zero-order valence-corrected chi connectivity index (χ0v) is 9.07. The lowest BCUT2D eigenvalue weighted by molar-refractivity contribution is -0.143. The minimum absolute atomic E-state index is 0.126. The number of hydrogen-bond donors (Lipinski definition) is 1. The van der Waals surface area contributed by atoms with Crippen molar-refractivity contribution >= 4 is 12.4 Å². The zero-order chi connectivity index (χ0) is 11.1. The number of esters is 1. The lowest BCUT2D eigenvalue weighted by atomic mass is 10.1. The van der Waals surface area contributed by atoms with Gasteiger partial charge in [0.1, 0.15) is 0 Å². The second-order valence-electron chi connectivity index (χ2n) is 3.54. The lowest BCUT2D eigenvalue weighted by Crippen LogP contribution is -2.50. The Morgan fingerprint density at radius 2 is 2.47 bits per heavy atom. The van der Waals surface area contributed by atoms with Crippen LogP contribution in [0, 0.1) is 0 Å². The molecule has 1 unspecified atom stereocenters. The van der Waals surface area contributed by atoms with E-state index in [0.29, 0.717) is 19.4 Å². The molecule has 0 aromatic rings. The minimum atomic E-state index is -0.186. The molecule has 0 aromatic carbocycles. The molecule has 1 aliphatic rings. The van der Waals surface area contributed by atoms with Crippen molar-refractivity contribution in [2.75, 3.05) is 26.2 Å². The van der Waals surface area contributed by atoms with E-state index in [1.54, 1.807) is 11.8 Å². The first kappa shape index (κ1) is 12.0. The van der Waals surface area contributed by atoms with Crippen molar-refractivity contribution in [1.82, 2.24) is 10.2 Å². The van der Waals surface area contributed by atoms with Gasteiger partial charge in [-0.25, -0.2) is 0 Å². The van der Waals surface area contributed by atoms with Crippen molar-refractivity contribution in [2.24, 2.45) is 0 Å². The summed E-state index contributed by atoms with van der Waals surface area (Å²) in [6, 6.07) is 0.126. The molecule has 1 fully saturated rings. The van der Waals surface area contributed by atoms with Gasteiger partial charge in [-0.05, 0) is 13.3 Å². The summed E-state index contributed by atoms with van der Waals surface area (Å²) in [7, 11) is 0. The summed E-state index contributed by atoms with van der Waals surface area (Å²) >= 11 is 0. The molecule has 0 aromatic heterocycles. The highest BCUT2D eigenvalue weighted by atomic mass is 16.5. The summed E-state index contributed by atoms with van der Waals surface area (Å²) in [6.45, 7) is 4.51. The van der Waals surface area contributed by atoms with Crippen LogP contribution in [0.5, 0.6) is 0 Å². The number of carbonyl (C=O) groups excluding carboxylic acids is 2. The van der Waals surface area contributed by atoms with E-state index in [-0.39, 0.29) is 12.0 Å². The number of carbonyl (C=O) groups is 2. The van der Waals surface area contributed by atoms with E-state index in [4.69, 9.17) is 4.74 Å². The molecular weight excluding hydrogens is 196 g/mol. The first-order valence-corrected chi connectivity index (χ1v) is 5.35. The normalized spacial score (nSPS) is 21.1. The fraction of sp³-hybridized carbons (Fsp3) is 0.800. The van der Waals surface area contributed by atoms with E-state index in [9.17, 15) is 9.59 Å². The first-order chi connectivity index (χ1) is 7.27. The van der Waals surface area contributed by atoms with Gasteiger partial charge in [0.25, 0.3) is 0 Å². The van der Waals surface area contributed by atoms with Crippen LogP contribution < -0.4 is 5.32 Å². The van der Waals surface area contributed by atoms with Crippen LogP contribution in [0.15, 0.2) is 0 Å². The van der Waals surface area contributed by atoms with Gasteiger partial charge in [-0.3, -0.25) is 9.59 Å². The number of hydrogen-bond acceptors (Lipinski definition) is 4. The van der Waals surface area contributed by atoms with E-state index in [1.807, 2.05) is 0 Å². The third-order valence-electron chi connectivity index (χ3n) is 2.52. The number of amides is 1. The van der Waals surface area contributed by atoms with Crippen molar-refractivity contribution in [3.8, 4) is 0 Å². The van der Waals surface area contributed by atoms with Crippen molar-refractivity contribution in [2.45, 2.75) is 25.8 Å². The Labute approximate surface area is 89.8 Å². The van der Waals surface area contributed by atoms with E-state index < -0.39 is 0 Å². The van der Waals surface area contributed by atoms with Gasteiger partial charge in [0.2, 0.25) is 6.41 Å². The predicted octanol–water partition coefficient (Wildman–Crippen LogP) is -0.240. The van der Waals surface area contributed by atoms with E-state index in [2.05, 4.69) is 5.32 Å². The molecule has 0 bridgehead atoms. The van der Waals surface area contributed by atoms with Crippen LogP contribution in [0.2, 0.25) is 0 Å². The minimum Gasteiger partial charge on any atom is -0.466 e. The lowest BCUT2D eigenvalue weighted by Gasteiger charge is -2.33. The molecule has 5 heteroatoms. The summed E-state index contributed by atoms with van der Waals surface area (Å²) in [5, 5.41) is 3.20. The monoisotopic (exact) mass is 214 g/mol. The van der Waals surface area contributed by atoms with Crippen LogP contribution in [-0.4, -0.2) is 49.6 Å². The molecule has 0 spiro atoms. The standard InChI is InChI=1S/C10H18N2O3/c1-2-15-10(14)4-3-9-7-11-5-6-12(9)8-13/h8-9,11H,2-7H2,1H3. The van der Waals surface area contributed by atoms with Crippen LogP contribution >= 0.6 is 0 Å². The molecule has 0 aliphatic carbocycles. The summed E-state index contributed by atoms with van der Waals surface area (Å²) in [5.41, 5.74) is 0. The SMILES string of the molecule is CCOC(=O)CCC1CNCCN1C=O. The number of nitrogens with zero attached hydrogens (tertiary/aromatic N) is 1. The summed E-state index contributed by atoms with van der Waals surface area (Å²) < 4.78 is 4.84. The van der Waals surface area contributed by atoms with Crippen LogP contribution in [0.3, 0.4) is 0 Å². The zero-order valence-electron chi connectivity index (χ0n) is 9.07. The Kier molecular flexibility index (Phi) is 5.10. The highest BCUT2D eigenvalue weighted by Crippen LogP contribution is 2.08. The Morgan fingerprint density at radius 1 is 1.67 bits per heavy atom. The molecule has 1 rings (SSSR count). The number of piperazine rings is 1. The van der Waals surface area contributed by atoms with Crippen molar-refractivity contribution < 1.29 is 14.3 Å². The fourth-order valence-corrected chi connectivity index (χ4v) is 1.70. The van der Waals surface area contributed by atoms with E-state index in [0.717, 1.165) is 26.0 Å². The van der Waals surface area contributed by atoms with Crippen molar-refractivity contribution in [3.63, 3.8) is 0 Å². The molecule has 1 N–H and O–H groups in total. The average Bonchev–Trinajstić information content (AvgIpc) is 2.27. The van der Waals surface area contributed by atoms with Gasteiger partial charge >= 0.3 is 5.97 Å². The van der Waals surface area contributed by atoms with Gasteiger partial charge in [0.15, 0.2) is 0 Å². The molecule has 1 atom stereocenters. The highest BCUT2D eigenvalue weighted by Gasteiger charge is 2.21. The molecule has 15 heavy (non-hydrogen) atoms. The van der Waals surface area contributed by atoms with E-state index in [1.165, 1.54) is 0 Å². The molecule has 0 saturated carbocycles. The van der Waals surface area contributed by atoms with Gasteiger partial charge in [-0.2, -0.15) is 0 Å². The average molecular weight is 214 g/mol. The molecule has 1 amide bonds. The van der Waals surface area contributed by atoms with E-state index >= 15 is 0 Å². The second-order valence-corrected chi connectivity index (χ2v) is 3.54. The molecule has 1 heterocycles. The molecule has 1 saturated heterocycles. The number of nitrogens with one attached hydrogen (secondary N) is 1. The largest absolute Gasteiger partial charge is 0.466 e. The Hall–Kier alpha value is -1.10.